The molecular weight excluding hydrogens is 272 g/mol. The molecule has 1 aromatic rings. The minimum Gasteiger partial charge on any atom is -0.396 e. The first-order valence-corrected chi connectivity index (χ1v) is 8.71. The number of benzene rings is 1. The van der Waals surface area contributed by atoms with Gasteiger partial charge >= 0.3 is 0 Å². The van der Waals surface area contributed by atoms with Gasteiger partial charge in [-0.1, -0.05) is 43.7 Å². The molecule has 0 aromatic heterocycles. The number of hydrogen-bond donors (Lipinski definition) is 1. The van der Waals surface area contributed by atoms with Gasteiger partial charge in [0.1, 0.15) is 0 Å². The zero-order chi connectivity index (χ0) is 15.9. The SMILES string of the molecule is Cc1ccc(CN2CCN(CCC(C)C)[C@H](CCO)C2)cc1. The number of piperazine rings is 1. The van der Waals surface area contributed by atoms with Gasteiger partial charge in [0.15, 0.2) is 0 Å². The van der Waals surface area contributed by atoms with Crippen LogP contribution in [0.15, 0.2) is 24.3 Å². The lowest BCUT2D eigenvalue weighted by molar-refractivity contribution is 0.0524. The van der Waals surface area contributed by atoms with Crippen molar-refractivity contribution >= 4 is 0 Å². The van der Waals surface area contributed by atoms with E-state index in [1.54, 1.807) is 0 Å². The normalized spacial score (nSPS) is 20.7. The van der Waals surface area contributed by atoms with E-state index in [9.17, 15) is 5.11 Å². The van der Waals surface area contributed by atoms with Gasteiger partial charge in [0.05, 0.1) is 0 Å². The Morgan fingerprint density at radius 2 is 1.91 bits per heavy atom. The van der Waals surface area contributed by atoms with Crippen LogP contribution in [0.25, 0.3) is 0 Å². The van der Waals surface area contributed by atoms with E-state index in [0.717, 1.165) is 38.5 Å². The number of hydrogen-bond acceptors (Lipinski definition) is 3. The highest BCUT2D eigenvalue weighted by atomic mass is 16.3. The molecule has 1 aliphatic rings. The van der Waals surface area contributed by atoms with E-state index in [1.807, 2.05) is 0 Å². The molecule has 1 aromatic carbocycles. The second-order valence-corrected chi connectivity index (χ2v) is 7.11. The van der Waals surface area contributed by atoms with Crippen molar-refractivity contribution in [1.29, 1.82) is 0 Å². The van der Waals surface area contributed by atoms with Crippen molar-refractivity contribution in [3.63, 3.8) is 0 Å². The first-order chi connectivity index (χ1) is 10.6. The van der Waals surface area contributed by atoms with E-state index in [1.165, 1.54) is 24.1 Å². The molecular formula is C19H32N2O. The highest BCUT2D eigenvalue weighted by molar-refractivity contribution is 5.21. The molecule has 0 bridgehead atoms. The Balaban J connectivity index is 1.89. The van der Waals surface area contributed by atoms with Crippen LogP contribution in [-0.2, 0) is 6.54 Å². The summed E-state index contributed by atoms with van der Waals surface area (Å²) in [5.74, 6) is 0.750. The maximum Gasteiger partial charge on any atom is 0.0446 e. The zero-order valence-corrected chi connectivity index (χ0v) is 14.5. The summed E-state index contributed by atoms with van der Waals surface area (Å²) in [6, 6.07) is 9.37. The summed E-state index contributed by atoms with van der Waals surface area (Å²) in [7, 11) is 0. The number of aryl methyl sites for hydroxylation is 1. The minimum atomic E-state index is 0.293. The van der Waals surface area contributed by atoms with Gasteiger partial charge in [0, 0.05) is 38.8 Å². The van der Waals surface area contributed by atoms with Crippen molar-refractivity contribution in [2.45, 2.75) is 46.2 Å². The molecule has 1 aliphatic heterocycles. The van der Waals surface area contributed by atoms with Crippen LogP contribution in [0, 0.1) is 12.8 Å². The van der Waals surface area contributed by atoms with E-state index in [-0.39, 0.29) is 0 Å². The third-order valence-corrected chi connectivity index (χ3v) is 4.67. The molecule has 1 saturated heterocycles. The van der Waals surface area contributed by atoms with E-state index in [0.29, 0.717) is 12.6 Å². The number of rotatable bonds is 7. The van der Waals surface area contributed by atoms with Crippen LogP contribution in [0.2, 0.25) is 0 Å². The lowest BCUT2D eigenvalue weighted by Crippen LogP contribution is -2.53. The zero-order valence-electron chi connectivity index (χ0n) is 14.5. The van der Waals surface area contributed by atoms with Crippen LogP contribution >= 0.6 is 0 Å². The molecule has 0 spiro atoms. The van der Waals surface area contributed by atoms with E-state index < -0.39 is 0 Å². The van der Waals surface area contributed by atoms with Crippen molar-refractivity contribution in [2.75, 3.05) is 32.8 Å². The van der Waals surface area contributed by atoms with Gasteiger partial charge in [-0.2, -0.15) is 0 Å². The molecule has 1 fully saturated rings. The van der Waals surface area contributed by atoms with Crippen LogP contribution in [0.1, 0.15) is 37.8 Å². The standard InChI is InChI=1S/C19H32N2O/c1-16(2)8-10-21-12-11-20(15-19(21)9-13-22)14-18-6-4-17(3)5-7-18/h4-7,16,19,22H,8-15H2,1-3H3/t19-/m1/s1. The Bertz CT molecular complexity index is 430. The quantitative estimate of drug-likeness (QED) is 0.839. The molecule has 1 N–H and O–H groups in total. The van der Waals surface area contributed by atoms with Crippen LogP contribution in [0.5, 0.6) is 0 Å². The van der Waals surface area contributed by atoms with Crippen LogP contribution in [-0.4, -0.2) is 53.7 Å². The van der Waals surface area contributed by atoms with Crippen molar-refractivity contribution in [3.05, 3.63) is 35.4 Å². The van der Waals surface area contributed by atoms with E-state index >= 15 is 0 Å². The van der Waals surface area contributed by atoms with E-state index in [4.69, 9.17) is 0 Å². The molecule has 124 valence electrons. The summed E-state index contributed by atoms with van der Waals surface area (Å²) in [5, 5.41) is 9.38. The van der Waals surface area contributed by atoms with Crippen LogP contribution in [0.3, 0.4) is 0 Å². The van der Waals surface area contributed by atoms with E-state index in [2.05, 4.69) is 54.8 Å². The lowest BCUT2D eigenvalue weighted by atomic mass is 10.0. The first-order valence-electron chi connectivity index (χ1n) is 8.71. The van der Waals surface area contributed by atoms with Gasteiger partial charge in [-0.05, 0) is 37.8 Å². The van der Waals surface area contributed by atoms with Gasteiger partial charge in [-0.3, -0.25) is 9.80 Å². The summed E-state index contributed by atoms with van der Waals surface area (Å²) in [6.45, 7) is 12.5. The van der Waals surface area contributed by atoms with Crippen LogP contribution in [0.4, 0.5) is 0 Å². The molecule has 1 heterocycles. The largest absolute Gasteiger partial charge is 0.396 e. The maximum atomic E-state index is 9.38. The highest BCUT2D eigenvalue weighted by Gasteiger charge is 2.26. The van der Waals surface area contributed by atoms with Gasteiger partial charge in [-0.25, -0.2) is 0 Å². The van der Waals surface area contributed by atoms with Gasteiger partial charge in [0.25, 0.3) is 0 Å². The fourth-order valence-corrected chi connectivity index (χ4v) is 3.19. The highest BCUT2D eigenvalue weighted by Crippen LogP contribution is 2.17. The Morgan fingerprint density at radius 1 is 1.18 bits per heavy atom. The molecule has 0 unspecified atom stereocenters. The van der Waals surface area contributed by atoms with Gasteiger partial charge in [0.2, 0.25) is 0 Å². The fourth-order valence-electron chi connectivity index (χ4n) is 3.19. The monoisotopic (exact) mass is 304 g/mol. The van der Waals surface area contributed by atoms with Crippen molar-refractivity contribution in [3.8, 4) is 0 Å². The average Bonchev–Trinajstić information content (AvgIpc) is 2.49. The molecule has 2 rings (SSSR count). The lowest BCUT2D eigenvalue weighted by Gasteiger charge is -2.41. The summed E-state index contributed by atoms with van der Waals surface area (Å²) in [6.07, 6.45) is 2.14. The Labute approximate surface area is 135 Å². The second-order valence-electron chi connectivity index (χ2n) is 7.11. The van der Waals surface area contributed by atoms with Crippen molar-refractivity contribution in [1.82, 2.24) is 9.80 Å². The Hall–Kier alpha value is -0.900. The molecule has 0 radical (unpaired) electrons. The first kappa shape index (κ1) is 17.5. The molecule has 0 saturated carbocycles. The topological polar surface area (TPSA) is 26.7 Å². The average molecular weight is 304 g/mol. The smallest absolute Gasteiger partial charge is 0.0446 e. The second kappa shape index (κ2) is 8.66. The third kappa shape index (κ3) is 5.38. The van der Waals surface area contributed by atoms with Gasteiger partial charge < -0.3 is 5.11 Å². The molecule has 22 heavy (non-hydrogen) atoms. The maximum absolute atomic E-state index is 9.38. The predicted molar refractivity (Wildman–Crippen MR) is 93.0 cm³/mol. The number of aliphatic hydroxyl groups excluding tert-OH is 1. The summed E-state index contributed by atoms with van der Waals surface area (Å²) >= 11 is 0. The Morgan fingerprint density at radius 3 is 2.55 bits per heavy atom. The van der Waals surface area contributed by atoms with Crippen molar-refractivity contribution < 1.29 is 5.11 Å². The predicted octanol–water partition coefficient (Wildman–Crippen LogP) is 2.91. The molecule has 0 amide bonds. The van der Waals surface area contributed by atoms with Gasteiger partial charge in [-0.15, -0.1) is 0 Å². The third-order valence-electron chi connectivity index (χ3n) is 4.67. The summed E-state index contributed by atoms with van der Waals surface area (Å²) in [4.78, 5) is 5.12. The Kier molecular flexibility index (Phi) is 6.87. The summed E-state index contributed by atoms with van der Waals surface area (Å²) < 4.78 is 0. The fraction of sp³-hybridized carbons (Fsp3) is 0.684. The molecule has 0 aliphatic carbocycles. The molecule has 3 heteroatoms. The van der Waals surface area contributed by atoms with Crippen LogP contribution < -0.4 is 0 Å². The number of aliphatic hydroxyl groups is 1. The van der Waals surface area contributed by atoms with Crippen molar-refractivity contribution in [2.24, 2.45) is 5.92 Å². The molecule has 1 atom stereocenters. The number of nitrogens with zero attached hydrogens (tertiary/aromatic N) is 2. The minimum absolute atomic E-state index is 0.293. The summed E-state index contributed by atoms with van der Waals surface area (Å²) in [5.41, 5.74) is 2.71. The molecule has 3 nitrogen and oxygen atoms in total.